The number of likely N-dealkylation sites (N-methyl/N-ethyl adjacent to an activating group) is 1. The van der Waals surface area contributed by atoms with Crippen molar-refractivity contribution in [2.75, 3.05) is 13.6 Å². The molecule has 1 aliphatic rings. The molecule has 0 bridgehead atoms. The van der Waals surface area contributed by atoms with E-state index in [0.717, 1.165) is 71.8 Å². The van der Waals surface area contributed by atoms with Crippen molar-refractivity contribution in [3.63, 3.8) is 0 Å². The van der Waals surface area contributed by atoms with Gasteiger partial charge in [-0.25, -0.2) is 4.98 Å². The lowest BCUT2D eigenvalue weighted by Crippen LogP contribution is -2.29. The molecule has 41 heavy (non-hydrogen) atoms. The Balaban J connectivity index is 1.20. The van der Waals surface area contributed by atoms with E-state index in [4.69, 9.17) is 9.40 Å². The number of rotatable bonds is 9. The van der Waals surface area contributed by atoms with Crippen LogP contribution in [0.5, 0.6) is 0 Å². The number of hydrogen-bond acceptors (Lipinski definition) is 4. The lowest BCUT2D eigenvalue weighted by Gasteiger charge is -2.19. The van der Waals surface area contributed by atoms with Gasteiger partial charge in [0.2, 0.25) is 0 Å². The molecule has 1 amide bonds. The molecule has 2 atom stereocenters. The molecule has 5 nitrogen and oxygen atoms in total. The van der Waals surface area contributed by atoms with Crippen molar-refractivity contribution < 1.29 is 9.21 Å². The van der Waals surface area contributed by atoms with Gasteiger partial charge in [-0.1, -0.05) is 85.3 Å². The summed E-state index contributed by atoms with van der Waals surface area (Å²) in [6.45, 7) is 0.627. The van der Waals surface area contributed by atoms with Gasteiger partial charge in [-0.05, 0) is 55.0 Å². The van der Waals surface area contributed by atoms with Crippen molar-refractivity contribution in [3.8, 4) is 22.6 Å². The first-order chi connectivity index (χ1) is 20.2. The number of pyridine rings is 1. The highest BCUT2D eigenvalue weighted by molar-refractivity contribution is 5.94. The van der Waals surface area contributed by atoms with E-state index in [0.29, 0.717) is 12.5 Å². The summed E-state index contributed by atoms with van der Waals surface area (Å²) in [6, 6.07) is 34.6. The molecule has 5 heteroatoms. The monoisotopic (exact) mass is 541 g/mol. The molecule has 0 radical (unpaired) electrons. The average Bonchev–Trinajstić information content (AvgIpc) is 3.68. The van der Waals surface area contributed by atoms with Gasteiger partial charge < -0.3 is 9.32 Å². The van der Waals surface area contributed by atoms with Gasteiger partial charge in [-0.3, -0.25) is 9.78 Å². The number of benzene rings is 3. The van der Waals surface area contributed by atoms with Crippen LogP contribution in [0.3, 0.4) is 0 Å². The summed E-state index contributed by atoms with van der Waals surface area (Å²) in [5, 5.41) is 0. The van der Waals surface area contributed by atoms with Crippen molar-refractivity contribution in [3.05, 3.63) is 132 Å². The van der Waals surface area contributed by atoms with Crippen molar-refractivity contribution in [2.24, 2.45) is 5.92 Å². The second kappa shape index (κ2) is 12.3. The topological polar surface area (TPSA) is 59.2 Å². The maximum absolute atomic E-state index is 13.2. The second-order valence-corrected chi connectivity index (χ2v) is 11.0. The van der Waals surface area contributed by atoms with Crippen molar-refractivity contribution in [2.45, 2.75) is 38.0 Å². The van der Waals surface area contributed by atoms with Crippen LogP contribution in [0.1, 0.15) is 52.7 Å². The summed E-state index contributed by atoms with van der Waals surface area (Å²) in [7, 11) is 1.86. The zero-order valence-electron chi connectivity index (χ0n) is 23.4. The molecule has 6 rings (SSSR count). The van der Waals surface area contributed by atoms with E-state index < -0.39 is 0 Å². The van der Waals surface area contributed by atoms with Gasteiger partial charge in [-0.15, -0.1) is 0 Å². The summed E-state index contributed by atoms with van der Waals surface area (Å²) >= 11 is 0. The molecule has 2 heterocycles. The molecule has 1 fully saturated rings. The number of amides is 1. The molecule has 0 spiro atoms. The van der Waals surface area contributed by atoms with Crippen LogP contribution in [0.25, 0.3) is 22.6 Å². The number of carbonyl (C=O) groups is 1. The number of nitrogens with zero attached hydrogens (tertiary/aromatic N) is 3. The molecule has 5 aromatic rings. The van der Waals surface area contributed by atoms with Gasteiger partial charge >= 0.3 is 0 Å². The van der Waals surface area contributed by atoms with Crippen LogP contribution in [-0.4, -0.2) is 34.4 Å². The Kier molecular flexibility index (Phi) is 8.04. The van der Waals surface area contributed by atoms with Crippen LogP contribution < -0.4 is 0 Å². The number of oxazole rings is 1. The van der Waals surface area contributed by atoms with Gasteiger partial charge in [0.15, 0.2) is 11.7 Å². The minimum Gasteiger partial charge on any atom is -0.440 e. The van der Waals surface area contributed by atoms with Gasteiger partial charge in [0.1, 0.15) is 5.69 Å². The van der Waals surface area contributed by atoms with Gasteiger partial charge in [0.25, 0.3) is 5.91 Å². The molecule has 0 N–H and O–H groups in total. The molecule has 3 aromatic carbocycles. The standard InChI is InChI=1S/C36H35N3O2/c1-39(23-21-31-19-8-9-22-37-31)36(40)30-18-10-12-26(25-30)24-29-17-11-20-32(29)35-38-33(27-13-4-2-5-14-27)34(41-35)28-15-6-3-7-16-28/h2-10,12-16,18-19,22,25,29,32H,11,17,20-21,23-24H2,1H3. The van der Waals surface area contributed by atoms with E-state index in [1.165, 1.54) is 5.56 Å². The summed E-state index contributed by atoms with van der Waals surface area (Å²) in [4.78, 5) is 24.5. The van der Waals surface area contributed by atoms with Crippen LogP contribution in [0, 0.1) is 5.92 Å². The summed E-state index contributed by atoms with van der Waals surface area (Å²) < 4.78 is 6.59. The number of hydrogen-bond donors (Lipinski definition) is 0. The van der Waals surface area contributed by atoms with Crippen LogP contribution in [0.2, 0.25) is 0 Å². The molecule has 206 valence electrons. The van der Waals surface area contributed by atoms with E-state index in [-0.39, 0.29) is 11.8 Å². The van der Waals surface area contributed by atoms with E-state index >= 15 is 0 Å². The fraction of sp³-hybridized carbons (Fsp3) is 0.250. The second-order valence-electron chi connectivity index (χ2n) is 11.0. The van der Waals surface area contributed by atoms with Gasteiger partial charge in [0, 0.05) is 54.5 Å². The highest BCUT2D eigenvalue weighted by Gasteiger charge is 2.34. The Morgan fingerprint density at radius 3 is 2.39 bits per heavy atom. The highest BCUT2D eigenvalue weighted by atomic mass is 16.4. The van der Waals surface area contributed by atoms with E-state index in [2.05, 4.69) is 41.4 Å². The maximum Gasteiger partial charge on any atom is 0.253 e. The predicted molar refractivity (Wildman–Crippen MR) is 163 cm³/mol. The first-order valence-electron chi connectivity index (χ1n) is 14.5. The van der Waals surface area contributed by atoms with Crippen molar-refractivity contribution >= 4 is 5.91 Å². The molecule has 0 aliphatic heterocycles. The maximum atomic E-state index is 13.2. The third-order valence-electron chi connectivity index (χ3n) is 8.15. The summed E-state index contributed by atoms with van der Waals surface area (Å²) in [5.41, 5.74) is 5.91. The number of aromatic nitrogens is 2. The lowest BCUT2D eigenvalue weighted by atomic mass is 9.89. The molecule has 1 aliphatic carbocycles. The average molecular weight is 542 g/mol. The third kappa shape index (κ3) is 6.14. The SMILES string of the molecule is CN(CCc1ccccn1)C(=O)c1cccc(CC2CCCC2c2nc(-c3ccccc3)c(-c3ccccc3)o2)c1. The molecule has 2 aromatic heterocycles. The zero-order chi connectivity index (χ0) is 28.0. The summed E-state index contributed by atoms with van der Waals surface area (Å²) in [5.74, 6) is 2.35. The minimum absolute atomic E-state index is 0.0402. The highest BCUT2D eigenvalue weighted by Crippen LogP contribution is 2.44. The van der Waals surface area contributed by atoms with Crippen molar-refractivity contribution in [1.29, 1.82) is 0 Å². The fourth-order valence-electron chi connectivity index (χ4n) is 5.96. The van der Waals surface area contributed by atoms with Crippen LogP contribution in [-0.2, 0) is 12.8 Å². The largest absolute Gasteiger partial charge is 0.440 e. The molecule has 2 unspecified atom stereocenters. The quantitative estimate of drug-likeness (QED) is 0.191. The smallest absolute Gasteiger partial charge is 0.253 e. The van der Waals surface area contributed by atoms with E-state index in [1.54, 1.807) is 11.1 Å². The normalized spacial score (nSPS) is 16.5. The van der Waals surface area contributed by atoms with Crippen molar-refractivity contribution in [1.82, 2.24) is 14.9 Å². The molecule has 0 saturated heterocycles. The van der Waals surface area contributed by atoms with Gasteiger partial charge in [0.05, 0.1) is 0 Å². The zero-order valence-corrected chi connectivity index (χ0v) is 23.4. The Morgan fingerprint density at radius 1 is 0.878 bits per heavy atom. The number of carbonyl (C=O) groups excluding carboxylic acids is 1. The van der Waals surface area contributed by atoms with Gasteiger partial charge in [-0.2, -0.15) is 0 Å². The molecular weight excluding hydrogens is 506 g/mol. The Morgan fingerprint density at radius 2 is 1.63 bits per heavy atom. The van der Waals surface area contributed by atoms with E-state index in [9.17, 15) is 4.79 Å². The molecule has 1 saturated carbocycles. The Labute approximate surface area is 241 Å². The van der Waals surface area contributed by atoms with Crippen LogP contribution in [0.15, 0.2) is 114 Å². The Bertz CT molecular complexity index is 1520. The van der Waals surface area contributed by atoms with Crippen LogP contribution >= 0.6 is 0 Å². The predicted octanol–water partition coefficient (Wildman–Crippen LogP) is 7.84. The minimum atomic E-state index is 0.0402. The third-order valence-corrected chi connectivity index (χ3v) is 8.15. The summed E-state index contributed by atoms with van der Waals surface area (Å²) in [6.07, 6.45) is 6.75. The lowest BCUT2D eigenvalue weighted by molar-refractivity contribution is 0.0796. The van der Waals surface area contributed by atoms with E-state index in [1.807, 2.05) is 73.8 Å². The van der Waals surface area contributed by atoms with Crippen LogP contribution in [0.4, 0.5) is 0 Å². The first-order valence-corrected chi connectivity index (χ1v) is 14.5. The fourth-order valence-corrected chi connectivity index (χ4v) is 5.96. The Hall–Kier alpha value is -4.51. The molecular formula is C36H35N3O2. The first kappa shape index (κ1) is 26.7.